The standard InChI is InChI=1S/C39H33NO3/c41-39(42)38-35(19-9-27-43-36-20-8-15-31-14-4-5-17-33(31)36)34-18-7-16-32(37(34)40-38)26-25-30-23-21-29(22-24-30)13-6-12-28-10-2-1-3-11-28/h1-8,10-11,13-18,20-26,40H,9,12,19,27H2,(H,41,42)/b13-6+,26-25+. The lowest BCUT2D eigenvalue weighted by molar-refractivity contribution is 0.0690. The normalized spacial score (nSPS) is 11.6. The molecular formula is C39H33NO3. The fraction of sp³-hybridized carbons (Fsp3) is 0.103. The maximum atomic E-state index is 12.2. The summed E-state index contributed by atoms with van der Waals surface area (Å²) < 4.78 is 6.12. The highest BCUT2D eigenvalue weighted by Gasteiger charge is 2.18. The third kappa shape index (κ3) is 6.60. The molecule has 0 saturated carbocycles. The summed E-state index contributed by atoms with van der Waals surface area (Å²) in [7, 11) is 0. The van der Waals surface area contributed by atoms with Crippen LogP contribution in [0, 0.1) is 0 Å². The average Bonchev–Trinajstić information content (AvgIpc) is 3.43. The van der Waals surface area contributed by atoms with Crippen molar-refractivity contribution in [3.63, 3.8) is 0 Å². The second-order valence-corrected chi connectivity index (χ2v) is 10.6. The van der Waals surface area contributed by atoms with E-state index in [1.165, 1.54) is 5.56 Å². The summed E-state index contributed by atoms with van der Waals surface area (Å²) in [6.45, 7) is 0.497. The number of aromatic amines is 1. The molecule has 0 unspecified atom stereocenters. The number of aryl methyl sites for hydroxylation is 1. The number of H-pyrrole nitrogens is 1. The van der Waals surface area contributed by atoms with Crippen molar-refractivity contribution in [1.29, 1.82) is 0 Å². The molecule has 0 atom stereocenters. The van der Waals surface area contributed by atoms with Crippen LogP contribution in [0.2, 0.25) is 0 Å². The first-order valence-corrected chi connectivity index (χ1v) is 14.6. The number of nitrogens with one attached hydrogen (secondary N) is 1. The molecule has 1 heterocycles. The number of rotatable bonds is 11. The van der Waals surface area contributed by atoms with E-state index in [4.69, 9.17) is 4.74 Å². The molecule has 0 spiro atoms. The smallest absolute Gasteiger partial charge is 0.352 e. The van der Waals surface area contributed by atoms with Gasteiger partial charge in [0.15, 0.2) is 0 Å². The Morgan fingerprint density at radius 3 is 2.23 bits per heavy atom. The summed E-state index contributed by atoms with van der Waals surface area (Å²) >= 11 is 0. The van der Waals surface area contributed by atoms with Crippen molar-refractivity contribution in [2.45, 2.75) is 19.3 Å². The Morgan fingerprint density at radius 1 is 0.721 bits per heavy atom. The Bertz CT molecular complexity index is 1910. The monoisotopic (exact) mass is 563 g/mol. The number of ether oxygens (including phenoxy) is 1. The SMILES string of the molecule is O=C(O)c1[nH]c2c(/C=C/c3ccc(/C=C/Cc4ccccc4)cc3)cccc2c1CCCOc1cccc2ccccc12. The van der Waals surface area contributed by atoms with Crippen LogP contribution in [-0.4, -0.2) is 22.7 Å². The van der Waals surface area contributed by atoms with Gasteiger partial charge in [-0.2, -0.15) is 0 Å². The van der Waals surface area contributed by atoms with Crippen LogP contribution in [0.1, 0.15) is 44.7 Å². The number of fused-ring (bicyclic) bond motifs is 2. The number of hydrogen-bond donors (Lipinski definition) is 2. The topological polar surface area (TPSA) is 62.3 Å². The molecule has 2 N–H and O–H groups in total. The number of aromatic carboxylic acids is 1. The van der Waals surface area contributed by atoms with Crippen molar-refractivity contribution < 1.29 is 14.6 Å². The van der Waals surface area contributed by atoms with Crippen LogP contribution in [0.25, 0.3) is 39.9 Å². The molecule has 43 heavy (non-hydrogen) atoms. The van der Waals surface area contributed by atoms with Crippen molar-refractivity contribution in [1.82, 2.24) is 4.98 Å². The first-order valence-electron chi connectivity index (χ1n) is 14.6. The summed E-state index contributed by atoms with van der Waals surface area (Å²) in [4.78, 5) is 15.4. The molecule has 5 aromatic carbocycles. The van der Waals surface area contributed by atoms with E-state index in [9.17, 15) is 9.90 Å². The predicted molar refractivity (Wildman–Crippen MR) is 178 cm³/mol. The molecule has 4 nitrogen and oxygen atoms in total. The van der Waals surface area contributed by atoms with Crippen LogP contribution in [0.3, 0.4) is 0 Å². The molecule has 0 aliphatic carbocycles. The summed E-state index contributed by atoms with van der Waals surface area (Å²) in [5, 5.41) is 13.1. The molecule has 6 rings (SSSR count). The van der Waals surface area contributed by atoms with Gasteiger partial charge in [0.2, 0.25) is 0 Å². The van der Waals surface area contributed by atoms with E-state index in [-0.39, 0.29) is 5.69 Å². The van der Waals surface area contributed by atoms with Crippen LogP contribution < -0.4 is 4.74 Å². The van der Waals surface area contributed by atoms with E-state index in [1.807, 2.05) is 54.6 Å². The molecule has 0 bridgehead atoms. The summed E-state index contributed by atoms with van der Waals surface area (Å²) in [6, 6.07) is 39.0. The number of para-hydroxylation sites is 1. The van der Waals surface area contributed by atoms with Crippen LogP contribution >= 0.6 is 0 Å². The van der Waals surface area contributed by atoms with Crippen molar-refractivity contribution in [2.75, 3.05) is 6.61 Å². The lowest BCUT2D eigenvalue weighted by Crippen LogP contribution is -2.04. The zero-order valence-electron chi connectivity index (χ0n) is 23.9. The molecule has 0 fully saturated rings. The van der Waals surface area contributed by atoms with Crippen LogP contribution in [-0.2, 0) is 12.8 Å². The third-order valence-corrected chi connectivity index (χ3v) is 7.66. The number of allylic oxidation sites excluding steroid dienone is 1. The highest BCUT2D eigenvalue weighted by molar-refractivity contribution is 6.01. The van der Waals surface area contributed by atoms with Crippen molar-refractivity contribution >= 4 is 45.9 Å². The summed E-state index contributed by atoms with van der Waals surface area (Å²) in [6.07, 6.45) is 10.6. The van der Waals surface area contributed by atoms with Gasteiger partial charge in [-0.25, -0.2) is 4.79 Å². The van der Waals surface area contributed by atoms with E-state index < -0.39 is 5.97 Å². The van der Waals surface area contributed by atoms with E-state index in [1.54, 1.807) is 0 Å². The minimum absolute atomic E-state index is 0.243. The van der Waals surface area contributed by atoms with Crippen LogP contribution in [0.5, 0.6) is 5.75 Å². The number of hydrogen-bond acceptors (Lipinski definition) is 2. The molecule has 0 radical (unpaired) electrons. The maximum Gasteiger partial charge on any atom is 0.352 e. The van der Waals surface area contributed by atoms with E-state index in [2.05, 4.69) is 89.9 Å². The quantitative estimate of drug-likeness (QED) is 0.122. The molecule has 0 saturated heterocycles. The van der Waals surface area contributed by atoms with Gasteiger partial charge in [0, 0.05) is 10.8 Å². The highest BCUT2D eigenvalue weighted by atomic mass is 16.5. The number of carboxylic acid groups (broad SMARTS) is 1. The number of carbonyl (C=O) groups is 1. The average molecular weight is 564 g/mol. The second-order valence-electron chi connectivity index (χ2n) is 10.6. The van der Waals surface area contributed by atoms with E-state index in [0.29, 0.717) is 19.4 Å². The Labute approximate surface area is 251 Å². The Kier molecular flexibility index (Phi) is 8.46. The Morgan fingerprint density at radius 2 is 1.42 bits per heavy atom. The summed E-state index contributed by atoms with van der Waals surface area (Å²) in [5.41, 5.74) is 6.36. The molecule has 1 aromatic heterocycles. The molecule has 0 aliphatic rings. The van der Waals surface area contributed by atoms with Gasteiger partial charge in [0.25, 0.3) is 0 Å². The molecule has 0 amide bonds. The maximum absolute atomic E-state index is 12.2. The first kappa shape index (κ1) is 27.8. The lowest BCUT2D eigenvalue weighted by atomic mass is 10.0. The largest absolute Gasteiger partial charge is 0.493 e. The van der Waals surface area contributed by atoms with Crippen molar-refractivity contribution in [2.24, 2.45) is 0 Å². The number of carboxylic acids is 1. The van der Waals surface area contributed by atoms with E-state index >= 15 is 0 Å². The predicted octanol–water partition coefficient (Wildman–Crippen LogP) is 9.46. The Hall–Kier alpha value is -5.35. The van der Waals surface area contributed by atoms with Gasteiger partial charge in [0.1, 0.15) is 11.4 Å². The lowest BCUT2D eigenvalue weighted by Gasteiger charge is -2.09. The van der Waals surface area contributed by atoms with Crippen molar-refractivity contribution in [3.05, 3.63) is 155 Å². The third-order valence-electron chi connectivity index (χ3n) is 7.66. The van der Waals surface area contributed by atoms with Gasteiger partial charge >= 0.3 is 5.97 Å². The molecular weight excluding hydrogens is 530 g/mol. The Balaban J connectivity index is 1.14. The summed E-state index contributed by atoms with van der Waals surface area (Å²) in [5.74, 6) is -0.105. The van der Waals surface area contributed by atoms with Gasteiger partial charge in [0.05, 0.1) is 12.1 Å². The highest BCUT2D eigenvalue weighted by Crippen LogP contribution is 2.29. The zero-order chi connectivity index (χ0) is 29.4. The minimum atomic E-state index is -0.952. The zero-order valence-corrected chi connectivity index (χ0v) is 23.9. The van der Waals surface area contributed by atoms with Gasteiger partial charge < -0.3 is 14.8 Å². The van der Waals surface area contributed by atoms with Crippen LogP contribution in [0.4, 0.5) is 0 Å². The fourth-order valence-corrected chi connectivity index (χ4v) is 5.48. The fourth-order valence-electron chi connectivity index (χ4n) is 5.48. The number of aromatic nitrogens is 1. The van der Waals surface area contributed by atoms with E-state index in [0.717, 1.165) is 56.1 Å². The van der Waals surface area contributed by atoms with Gasteiger partial charge in [-0.1, -0.05) is 133 Å². The van der Waals surface area contributed by atoms with Crippen LogP contribution in [0.15, 0.2) is 121 Å². The minimum Gasteiger partial charge on any atom is -0.493 e. The van der Waals surface area contributed by atoms with Crippen molar-refractivity contribution in [3.8, 4) is 5.75 Å². The second kappa shape index (κ2) is 13.1. The van der Waals surface area contributed by atoms with Gasteiger partial charge in [-0.3, -0.25) is 0 Å². The molecule has 6 aromatic rings. The number of benzene rings is 5. The molecule has 0 aliphatic heterocycles. The first-order chi connectivity index (χ1) is 21.2. The van der Waals surface area contributed by atoms with Gasteiger partial charge in [-0.15, -0.1) is 0 Å². The molecule has 212 valence electrons. The van der Waals surface area contributed by atoms with Gasteiger partial charge in [-0.05, 0) is 58.5 Å². The molecule has 4 heteroatoms.